The highest BCUT2D eigenvalue weighted by Crippen LogP contribution is 2.18. The van der Waals surface area contributed by atoms with Gasteiger partial charge >= 0.3 is 0 Å². The van der Waals surface area contributed by atoms with Crippen LogP contribution in [-0.2, 0) is 4.79 Å². The van der Waals surface area contributed by atoms with Gasteiger partial charge in [-0.25, -0.2) is 0 Å². The summed E-state index contributed by atoms with van der Waals surface area (Å²) in [5, 5.41) is 3.06. The van der Waals surface area contributed by atoms with Crippen molar-refractivity contribution in [2.75, 3.05) is 44.2 Å². The van der Waals surface area contributed by atoms with Crippen LogP contribution in [0.4, 0.5) is 5.69 Å². The Morgan fingerprint density at radius 3 is 2.21 bits per heavy atom. The zero-order valence-corrected chi connectivity index (χ0v) is 16.7. The second kappa shape index (κ2) is 9.51. The van der Waals surface area contributed by atoms with Crippen LogP contribution in [0.2, 0.25) is 0 Å². The maximum atomic E-state index is 12.3. The first-order valence-corrected chi connectivity index (χ1v) is 9.93. The van der Waals surface area contributed by atoms with Crippen LogP contribution in [0.3, 0.4) is 0 Å². The number of anilines is 1. The van der Waals surface area contributed by atoms with Crippen LogP contribution in [0.15, 0.2) is 54.6 Å². The molecule has 0 unspecified atom stereocenters. The third kappa shape index (κ3) is 5.42. The highest BCUT2D eigenvalue weighted by Gasteiger charge is 2.19. The van der Waals surface area contributed by atoms with E-state index < -0.39 is 0 Å². The second-order valence-corrected chi connectivity index (χ2v) is 7.48. The number of Topliss-reactive ketones (excluding diaryl/α,β-unsaturated/α-hetero) is 1. The molecule has 1 saturated heterocycles. The summed E-state index contributed by atoms with van der Waals surface area (Å²) in [4.78, 5) is 28.2. The number of ketones is 1. The average Bonchev–Trinajstić information content (AvgIpc) is 2.73. The largest absolute Gasteiger partial charge is 0.369 e. The maximum absolute atomic E-state index is 12.3. The van der Waals surface area contributed by atoms with Crippen molar-refractivity contribution in [1.29, 1.82) is 0 Å². The van der Waals surface area contributed by atoms with Crippen LogP contribution in [0.25, 0.3) is 0 Å². The van der Waals surface area contributed by atoms with Crippen LogP contribution in [0.1, 0.15) is 35.7 Å². The third-order valence-corrected chi connectivity index (χ3v) is 5.35. The minimum Gasteiger partial charge on any atom is -0.369 e. The lowest BCUT2D eigenvalue weighted by atomic mass is 10.0. The Hall–Kier alpha value is -2.66. The molecule has 0 bridgehead atoms. The number of hydrogen-bond acceptors (Lipinski definition) is 4. The summed E-state index contributed by atoms with van der Waals surface area (Å²) in [7, 11) is 0. The van der Waals surface area contributed by atoms with E-state index in [9.17, 15) is 9.59 Å². The van der Waals surface area contributed by atoms with E-state index in [0.29, 0.717) is 19.0 Å². The van der Waals surface area contributed by atoms with Crippen molar-refractivity contribution in [3.63, 3.8) is 0 Å². The van der Waals surface area contributed by atoms with Gasteiger partial charge in [0.2, 0.25) is 5.91 Å². The molecular formula is C23H29N3O2. The van der Waals surface area contributed by atoms with Crippen LogP contribution >= 0.6 is 0 Å². The van der Waals surface area contributed by atoms with Crippen molar-refractivity contribution in [2.45, 2.75) is 19.8 Å². The van der Waals surface area contributed by atoms with E-state index in [4.69, 9.17) is 0 Å². The maximum Gasteiger partial charge on any atom is 0.234 e. The number of piperazine rings is 1. The lowest BCUT2D eigenvalue weighted by molar-refractivity contribution is -0.122. The summed E-state index contributed by atoms with van der Waals surface area (Å²) in [6, 6.07) is 18.0. The highest BCUT2D eigenvalue weighted by molar-refractivity contribution is 5.94. The number of rotatable bonds is 7. The summed E-state index contributed by atoms with van der Waals surface area (Å²) in [6.07, 6.45) is 0. The molecule has 1 heterocycles. The van der Waals surface area contributed by atoms with Gasteiger partial charge in [-0.05, 0) is 42.7 Å². The van der Waals surface area contributed by atoms with E-state index in [0.717, 1.165) is 37.4 Å². The minimum atomic E-state index is 0.0852. The predicted molar refractivity (Wildman–Crippen MR) is 113 cm³/mol. The number of carbonyl (C=O) groups excluding carboxylic acids is 2. The van der Waals surface area contributed by atoms with Crippen molar-refractivity contribution in [1.82, 2.24) is 10.2 Å². The Morgan fingerprint density at radius 2 is 1.61 bits per heavy atom. The van der Waals surface area contributed by atoms with Crippen LogP contribution < -0.4 is 10.2 Å². The molecule has 0 aromatic heterocycles. The third-order valence-electron chi connectivity index (χ3n) is 5.35. The molecule has 3 rings (SSSR count). The van der Waals surface area contributed by atoms with Crippen molar-refractivity contribution in [2.24, 2.45) is 0 Å². The Bertz CT molecular complexity index is 781. The predicted octanol–water partition coefficient (Wildman–Crippen LogP) is 2.93. The number of benzene rings is 2. The zero-order chi connectivity index (χ0) is 19.9. The van der Waals surface area contributed by atoms with E-state index in [1.54, 1.807) is 6.92 Å². The minimum absolute atomic E-state index is 0.0852. The van der Waals surface area contributed by atoms with Crippen molar-refractivity contribution in [3.05, 3.63) is 65.7 Å². The van der Waals surface area contributed by atoms with Gasteiger partial charge in [0.05, 0.1) is 6.54 Å². The average molecular weight is 380 g/mol. The van der Waals surface area contributed by atoms with Crippen LogP contribution in [0, 0.1) is 0 Å². The lowest BCUT2D eigenvalue weighted by Crippen LogP contribution is -2.49. The van der Waals surface area contributed by atoms with Gasteiger partial charge in [0, 0.05) is 44.0 Å². The lowest BCUT2D eigenvalue weighted by Gasteiger charge is -2.35. The normalized spacial score (nSPS) is 15.9. The Kier molecular flexibility index (Phi) is 6.82. The molecule has 1 fully saturated rings. The molecular weight excluding hydrogens is 350 g/mol. The van der Waals surface area contributed by atoms with Crippen LogP contribution in [0.5, 0.6) is 0 Å². The first-order valence-electron chi connectivity index (χ1n) is 9.93. The van der Waals surface area contributed by atoms with Gasteiger partial charge in [0.1, 0.15) is 0 Å². The monoisotopic (exact) mass is 379 g/mol. The van der Waals surface area contributed by atoms with Gasteiger partial charge in [0.25, 0.3) is 0 Å². The topological polar surface area (TPSA) is 52.7 Å². The smallest absolute Gasteiger partial charge is 0.234 e. The van der Waals surface area contributed by atoms with Gasteiger partial charge < -0.3 is 10.2 Å². The first kappa shape index (κ1) is 20.1. The number of carbonyl (C=O) groups is 2. The highest BCUT2D eigenvalue weighted by atomic mass is 16.2. The van der Waals surface area contributed by atoms with Gasteiger partial charge in [-0.1, -0.05) is 37.3 Å². The summed E-state index contributed by atoms with van der Waals surface area (Å²) in [5.74, 6) is 0.478. The number of amides is 1. The molecule has 28 heavy (non-hydrogen) atoms. The molecule has 0 spiro atoms. The molecule has 1 aliphatic rings. The number of hydrogen-bond donors (Lipinski definition) is 1. The van der Waals surface area contributed by atoms with E-state index in [1.165, 1.54) is 5.56 Å². The quantitative estimate of drug-likeness (QED) is 0.752. The summed E-state index contributed by atoms with van der Waals surface area (Å²) < 4.78 is 0. The number of nitrogens with zero attached hydrogens (tertiary/aromatic N) is 2. The van der Waals surface area contributed by atoms with Crippen molar-refractivity contribution < 1.29 is 9.59 Å². The molecule has 1 amide bonds. The summed E-state index contributed by atoms with van der Waals surface area (Å²) in [6.45, 7) is 8.29. The fourth-order valence-corrected chi connectivity index (χ4v) is 3.50. The molecule has 5 nitrogen and oxygen atoms in total. The molecule has 1 atom stereocenters. The molecule has 2 aromatic carbocycles. The van der Waals surface area contributed by atoms with Gasteiger partial charge in [-0.15, -0.1) is 0 Å². The Balaban J connectivity index is 1.41. The Labute approximate surface area is 167 Å². The van der Waals surface area contributed by atoms with Crippen molar-refractivity contribution >= 4 is 17.4 Å². The molecule has 0 aliphatic carbocycles. The molecule has 5 heteroatoms. The summed E-state index contributed by atoms with van der Waals surface area (Å²) >= 11 is 0. The molecule has 148 valence electrons. The van der Waals surface area contributed by atoms with Crippen LogP contribution in [-0.4, -0.2) is 55.9 Å². The fraction of sp³-hybridized carbons (Fsp3) is 0.391. The van der Waals surface area contributed by atoms with E-state index in [-0.39, 0.29) is 11.7 Å². The van der Waals surface area contributed by atoms with E-state index in [2.05, 4.69) is 34.2 Å². The van der Waals surface area contributed by atoms with E-state index >= 15 is 0 Å². The second-order valence-electron chi connectivity index (χ2n) is 7.48. The zero-order valence-electron chi connectivity index (χ0n) is 16.7. The molecule has 1 aliphatic heterocycles. The number of nitrogens with one attached hydrogen (secondary N) is 1. The molecule has 0 saturated carbocycles. The standard InChI is InChI=1S/C23H29N3O2/c1-18(20-6-4-3-5-7-20)16-24-23(28)17-25-12-14-26(15-13-25)22-10-8-21(9-11-22)19(2)27/h3-11,18H,12-17H2,1-2H3,(H,24,28)/t18-/m1/s1. The molecule has 1 N–H and O–H groups in total. The van der Waals surface area contributed by atoms with Gasteiger partial charge in [-0.3, -0.25) is 14.5 Å². The van der Waals surface area contributed by atoms with Gasteiger partial charge in [0.15, 0.2) is 5.78 Å². The SMILES string of the molecule is CC(=O)c1ccc(N2CCN(CC(=O)NC[C@@H](C)c3ccccc3)CC2)cc1. The molecule has 0 radical (unpaired) electrons. The van der Waals surface area contributed by atoms with Crippen molar-refractivity contribution in [3.8, 4) is 0 Å². The summed E-state index contributed by atoms with van der Waals surface area (Å²) in [5.41, 5.74) is 3.11. The fourth-order valence-electron chi connectivity index (χ4n) is 3.50. The first-order chi connectivity index (χ1) is 13.5. The molecule has 2 aromatic rings. The Morgan fingerprint density at radius 1 is 0.964 bits per heavy atom. The van der Waals surface area contributed by atoms with Gasteiger partial charge in [-0.2, -0.15) is 0 Å². The van der Waals surface area contributed by atoms with E-state index in [1.807, 2.05) is 42.5 Å².